The fourth-order valence-electron chi connectivity index (χ4n) is 8.44. The van der Waals surface area contributed by atoms with E-state index >= 15 is 0 Å². The molecule has 2 aliphatic rings. The zero-order chi connectivity index (χ0) is 45.9. The maximum Gasteiger partial charge on any atom is 0.186 e. The summed E-state index contributed by atoms with van der Waals surface area (Å²) >= 11 is 0. The van der Waals surface area contributed by atoms with Crippen LogP contribution in [0.4, 0.5) is 0 Å². The van der Waals surface area contributed by atoms with Crippen molar-refractivity contribution in [1.82, 2.24) is 0 Å². The van der Waals surface area contributed by atoms with Crippen LogP contribution in [-0.2, 0) is 91.7 Å². The van der Waals surface area contributed by atoms with E-state index in [1.165, 1.54) is 0 Å². The van der Waals surface area contributed by atoms with Crippen LogP contribution in [0, 0.1) is 0 Å². The molecule has 0 radical (unpaired) electrons. The monoisotopic (exact) mass is 910 g/mol. The van der Waals surface area contributed by atoms with Gasteiger partial charge in [-0.1, -0.05) is 182 Å². The average molecular weight is 911 g/mol. The minimum atomic E-state index is -0.807. The van der Waals surface area contributed by atoms with Crippen molar-refractivity contribution >= 4 is 0 Å². The maximum atomic E-state index is 6.84. The zero-order valence-electron chi connectivity index (χ0n) is 38.2. The lowest BCUT2D eigenvalue weighted by atomic mass is 9.97. The van der Waals surface area contributed by atoms with Crippen LogP contribution in [-0.4, -0.2) is 88.8 Å². The SMILES string of the molecule is CO[C@H]1O[C@H](COC[C@H]2O[C@H](OC)[C@H](OCc3ccccc3)[C@@H](OCc3ccccc3)[C@@H]2OCc2ccccc2)[C@@H](OCc2ccccc2)[C@H](OCc2ccccc2)[C@H]1OCc1ccccc1. The van der Waals surface area contributed by atoms with Crippen LogP contribution in [0.5, 0.6) is 0 Å². The molecule has 2 saturated heterocycles. The Bertz CT molecular complexity index is 2080. The summed E-state index contributed by atoms with van der Waals surface area (Å²) in [5, 5.41) is 0. The second-order valence-electron chi connectivity index (χ2n) is 16.7. The summed E-state index contributed by atoms with van der Waals surface area (Å²) < 4.78 is 73.0. The molecule has 352 valence electrons. The Morgan fingerprint density at radius 3 is 0.761 bits per heavy atom. The van der Waals surface area contributed by atoms with Crippen molar-refractivity contribution in [2.45, 2.75) is 101 Å². The van der Waals surface area contributed by atoms with E-state index in [4.69, 9.17) is 52.1 Å². The molecular weight excluding hydrogens is 849 g/mol. The Morgan fingerprint density at radius 1 is 0.299 bits per heavy atom. The van der Waals surface area contributed by atoms with Crippen molar-refractivity contribution in [2.75, 3.05) is 27.4 Å². The fourth-order valence-corrected chi connectivity index (χ4v) is 8.44. The minimum absolute atomic E-state index is 0.0995. The lowest BCUT2D eigenvalue weighted by Crippen LogP contribution is -2.62. The molecule has 0 bridgehead atoms. The van der Waals surface area contributed by atoms with Gasteiger partial charge in [-0.2, -0.15) is 0 Å². The topological polar surface area (TPSA) is 102 Å². The van der Waals surface area contributed by atoms with E-state index in [0.29, 0.717) is 39.6 Å². The minimum Gasteiger partial charge on any atom is -0.376 e. The van der Waals surface area contributed by atoms with Gasteiger partial charge in [0.25, 0.3) is 0 Å². The second-order valence-corrected chi connectivity index (χ2v) is 16.7. The molecule has 10 atom stereocenters. The van der Waals surface area contributed by atoms with E-state index in [1.807, 2.05) is 182 Å². The highest BCUT2D eigenvalue weighted by molar-refractivity contribution is 5.18. The summed E-state index contributed by atoms with van der Waals surface area (Å²) in [6.07, 6.45) is -6.74. The smallest absolute Gasteiger partial charge is 0.186 e. The van der Waals surface area contributed by atoms with Gasteiger partial charge in [0.1, 0.15) is 48.8 Å². The number of hydrogen-bond donors (Lipinski definition) is 0. The van der Waals surface area contributed by atoms with E-state index < -0.39 is 61.4 Å². The number of rotatable bonds is 24. The first-order valence-corrected chi connectivity index (χ1v) is 23.0. The van der Waals surface area contributed by atoms with Gasteiger partial charge in [0.05, 0.1) is 52.9 Å². The summed E-state index contributed by atoms with van der Waals surface area (Å²) in [7, 11) is 3.23. The molecule has 0 N–H and O–H groups in total. The van der Waals surface area contributed by atoms with E-state index in [2.05, 4.69) is 0 Å². The largest absolute Gasteiger partial charge is 0.376 e. The van der Waals surface area contributed by atoms with Crippen molar-refractivity contribution in [3.8, 4) is 0 Å². The molecule has 8 rings (SSSR count). The molecule has 0 aromatic heterocycles. The van der Waals surface area contributed by atoms with Crippen molar-refractivity contribution in [1.29, 1.82) is 0 Å². The summed E-state index contributed by atoms with van der Waals surface area (Å²) in [5.74, 6) is 0. The van der Waals surface area contributed by atoms with Gasteiger partial charge in [0.2, 0.25) is 0 Å². The normalized spacial score (nSPS) is 25.2. The van der Waals surface area contributed by atoms with Crippen LogP contribution in [0.25, 0.3) is 0 Å². The number of methoxy groups -OCH3 is 2. The van der Waals surface area contributed by atoms with Crippen molar-refractivity contribution in [3.63, 3.8) is 0 Å². The molecular formula is C56H62O11. The van der Waals surface area contributed by atoms with Crippen LogP contribution < -0.4 is 0 Å². The first-order valence-electron chi connectivity index (χ1n) is 23.0. The molecule has 67 heavy (non-hydrogen) atoms. The molecule has 2 fully saturated rings. The lowest BCUT2D eigenvalue weighted by Gasteiger charge is -2.46. The molecule has 0 unspecified atom stereocenters. The summed E-state index contributed by atoms with van der Waals surface area (Å²) in [6.45, 7) is 2.09. The number of hydrogen-bond acceptors (Lipinski definition) is 11. The average Bonchev–Trinajstić information content (AvgIpc) is 3.39. The van der Waals surface area contributed by atoms with E-state index in [1.54, 1.807) is 14.2 Å². The highest BCUT2D eigenvalue weighted by Crippen LogP contribution is 2.34. The molecule has 0 saturated carbocycles. The third-order valence-corrected chi connectivity index (χ3v) is 11.9. The fraction of sp³-hybridized carbons (Fsp3) is 0.357. The van der Waals surface area contributed by atoms with Gasteiger partial charge in [-0.05, 0) is 33.4 Å². The van der Waals surface area contributed by atoms with Crippen molar-refractivity contribution < 1.29 is 52.1 Å². The molecule has 0 spiro atoms. The summed E-state index contributed by atoms with van der Waals surface area (Å²) in [6, 6.07) is 60.2. The van der Waals surface area contributed by atoms with Gasteiger partial charge in [-0.15, -0.1) is 0 Å². The quantitative estimate of drug-likeness (QED) is 0.0581. The van der Waals surface area contributed by atoms with Crippen LogP contribution in [0.15, 0.2) is 182 Å². The third-order valence-electron chi connectivity index (χ3n) is 11.9. The predicted octanol–water partition coefficient (Wildman–Crippen LogP) is 9.26. The van der Waals surface area contributed by atoms with Crippen LogP contribution in [0.2, 0.25) is 0 Å². The Kier molecular flexibility index (Phi) is 18.7. The summed E-state index contributed by atoms with van der Waals surface area (Å²) in [4.78, 5) is 0. The van der Waals surface area contributed by atoms with Crippen LogP contribution in [0.3, 0.4) is 0 Å². The van der Waals surface area contributed by atoms with E-state index in [9.17, 15) is 0 Å². The van der Waals surface area contributed by atoms with Crippen LogP contribution in [0.1, 0.15) is 33.4 Å². The molecule has 11 heteroatoms. The van der Waals surface area contributed by atoms with Gasteiger partial charge in [-0.25, -0.2) is 0 Å². The van der Waals surface area contributed by atoms with Gasteiger partial charge >= 0.3 is 0 Å². The third kappa shape index (κ3) is 14.0. The first-order chi connectivity index (χ1) is 33.1. The Balaban J connectivity index is 1.06. The highest BCUT2D eigenvalue weighted by atomic mass is 16.7. The Labute approximate surface area is 394 Å². The molecule has 2 aliphatic heterocycles. The molecule has 11 nitrogen and oxygen atoms in total. The molecule has 2 heterocycles. The predicted molar refractivity (Wildman–Crippen MR) is 252 cm³/mol. The van der Waals surface area contributed by atoms with Crippen molar-refractivity contribution in [3.05, 3.63) is 215 Å². The van der Waals surface area contributed by atoms with Crippen molar-refractivity contribution in [2.24, 2.45) is 0 Å². The maximum absolute atomic E-state index is 6.84. The van der Waals surface area contributed by atoms with Gasteiger partial charge in [-0.3, -0.25) is 0 Å². The van der Waals surface area contributed by atoms with E-state index in [0.717, 1.165) is 33.4 Å². The number of ether oxygens (including phenoxy) is 11. The van der Waals surface area contributed by atoms with Gasteiger partial charge < -0.3 is 52.1 Å². The Hall–Kier alpha value is -5.12. The van der Waals surface area contributed by atoms with E-state index in [-0.39, 0.29) is 13.2 Å². The molecule has 0 amide bonds. The summed E-state index contributed by atoms with van der Waals surface area (Å²) in [5.41, 5.74) is 6.05. The van der Waals surface area contributed by atoms with Gasteiger partial charge in [0.15, 0.2) is 12.6 Å². The molecule has 6 aromatic rings. The molecule has 6 aromatic carbocycles. The molecule has 0 aliphatic carbocycles. The second kappa shape index (κ2) is 25.9. The van der Waals surface area contributed by atoms with Gasteiger partial charge in [0, 0.05) is 14.2 Å². The standard InChI is InChI=1S/C56H62O11/c1-57-55-53(64-37-45-29-17-7-18-30-45)51(62-35-43-25-13-5-14-26-43)49(60-33-41-21-9-3-10-22-41)47(66-55)39-59-40-48-50(61-34-42-23-11-4-12-24-42)52(63-36-44-27-15-6-16-28-44)54(56(58-2)67-48)65-38-46-31-19-8-20-32-46/h3-32,47-56H,33-40H2,1-2H3/t47-,48-,49-,50-,51+,52+,53-,54-,55+,56+/m1/s1. The first kappa shape index (κ1) is 48.3. The van der Waals surface area contributed by atoms with Crippen LogP contribution >= 0.6 is 0 Å². The highest BCUT2D eigenvalue weighted by Gasteiger charge is 2.51. The zero-order valence-corrected chi connectivity index (χ0v) is 38.2. The lowest BCUT2D eigenvalue weighted by molar-refractivity contribution is -0.332. The Morgan fingerprint density at radius 2 is 0.522 bits per heavy atom. The number of benzene rings is 6.